The molecule has 0 atom stereocenters. The Labute approximate surface area is 153 Å². The van der Waals surface area contributed by atoms with Crippen LogP contribution in [-0.2, 0) is 10.0 Å². The van der Waals surface area contributed by atoms with Gasteiger partial charge < -0.3 is 10.2 Å². The zero-order valence-electron chi connectivity index (χ0n) is 15.1. The molecule has 6 nitrogen and oxygen atoms in total. The van der Waals surface area contributed by atoms with Crippen LogP contribution in [0.25, 0.3) is 0 Å². The summed E-state index contributed by atoms with van der Waals surface area (Å²) >= 11 is 0. The van der Waals surface area contributed by atoms with E-state index >= 15 is 0 Å². The van der Waals surface area contributed by atoms with Gasteiger partial charge in [-0.3, -0.25) is 9.52 Å². The van der Waals surface area contributed by atoms with Crippen molar-refractivity contribution in [2.24, 2.45) is 0 Å². The van der Waals surface area contributed by atoms with E-state index in [1.54, 1.807) is 24.1 Å². The highest BCUT2D eigenvalue weighted by atomic mass is 32.2. The van der Waals surface area contributed by atoms with Crippen molar-refractivity contribution >= 4 is 33.0 Å². The number of rotatable bonds is 6. The first kappa shape index (κ1) is 19.7. The summed E-state index contributed by atoms with van der Waals surface area (Å²) in [6, 6.07) is 10.6. The lowest BCUT2D eigenvalue weighted by Crippen LogP contribution is -2.26. The van der Waals surface area contributed by atoms with Crippen LogP contribution in [0.4, 0.5) is 21.5 Å². The SMILES string of the molecule is CC(C)N(C)c1ccc(NC(=O)c2ccc(NS(C)(=O)=O)cc2)cc1F. The second kappa shape index (κ2) is 7.74. The predicted octanol–water partition coefficient (Wildman–Crippen LogP) is 3.29. The topological polar surface area (TPSA) is 78.5 Å². The molecule has 0 heterocycles. The molecule has 2 aromatic carbocycles. The molecular formula is C18H22FN3O3S. The fourth-order valence-electron chi connectivity index (χ4n) is 2.26. The van der Waals surface area contributed by atoms with Crippen LogP contribution in [0, 0.1) is 5.82 Å². The van der Waals surface area contributed by atoms with Crippen LogP contribution < -0.4 is 14.9 Å². The summed E-state index contributed by atoms with van der Waals surface area (Å²) in [5, 5.41) is 2.63. The standard InChI is InChI=1S/C18H22FN3O3S/c1-12(2)22(3)17-10-9-15(11-16(17)19)20-18(23)13-5-7-14(8-6-13)21-26(4,24)25/h5-12,21H,1-4H3,(H,20,23). The van der Waals surface area contributed by atoms with E-state index in [4.69, 9.17) is 0 Å². The summed E-state index contributed by atoms with van der Waals surface area (Å²) in [7, 11) is -1.58. The van der Waals surface area contributed by atoms with E-state index in [2.05, 4.69) is 10.0 Å². The third-order valence-electron chi connectivity index (χ3n) is 3.81. The molecule has 0 saturated carbocycles. The smallest absolute Gasteiger partial charge is 0.255 e. The summed E-state index contributed by atoms with van der Waals surface area (Å²) in [5.74, 6) is -0.841. The fraction of sp³-hybridized carbons (Fsp3) is 0.278. The molecule has 2 N–H and O–H groups in total. The third kappa shape index (κ3) is 5.19. The summed E-state index contributed by atoms with van der Waals surface area (Å²) < 4.78 is 38.9. The van der Waals surface area contributed by atoms with Gasteiger partial charge in [-0.25, -0.2) is 12.8 Å². The predicted molar refractivity (Wildman–Crippen MR) is 103 cm³/mol. The molecule has 0 radical (unpaired) electrons. The molecule has 8 heteroatoms. The van der Waals surface area contributed by atoms with E-state index < -0.39 is 21.7 Å². The molecule has 0 fully saturated rings. The molecular weight excluding hydrogens is 357 g/mol. The van der Waals surface area contributed by atoms with Gasteiger partial charge in [0.2, 0.25) is 10.0 Å². The second-order valence-corrected chi connectivity index (χ2v) is 8.03. The maximum Gasteiger partial charge on any atom is 0.255 e. The number of hydrogen-bond acceptors (Lipinski definition) is 4. The summed E-state index contributed by atoms with van der Waals surface area (Å²) in [5.41, 5.74) is 1.48. The number of benzene rings is 2. The maximum atomic E-state index is 14.3. The minimum atomic E-state index is -3.38. The number of sulfonamides is 1. The lowest BCUT2D eigenvalue weighted by Gasteiger charge is -2.24. The molecule has 140 valence electrons. The fourth-order valence-corrected chi connectivity index (χ4v) is 2.82. The quantitative estimate of drug-likeness (QED) is 0.807. The molecule has 0 bridgehead atoms. The normalized spacial score (nSPS) is 11.3. The van der Waals surface area contributed by atoms with E-state index in [0.717, 1.165) is 6.26 Å². The number of hydrogen-bond donors (Lipinski definition) is 2. The first-order chi connectivity index (χ1) is 12.1. The number of halogens is 1. The molecule has 2 rings (SSSR count). The van der Waals surface area contributed by atoms with Crippen molar-refractivity contribution in [2.75, 3.05) is 28.2 Å². The number of carbonyl (C=O) groups excluding carboxylic acids is 1. The zero-order valence-corrected chi connectivity index (χ0v) is 15.9. The molecule has 0 aliphatic carbocycles. The molecule has 2 aromatic rings. The van der Waals surface area contributed by atoms with E-state index in [1.165, 1.54) is 30.3 Å². The van der Waals surface area contributed by atoms with E-state index in [-0.39, 0.29) is 6.04 Å². The van der Waals surface area contributed by atoms with Crippen LogP contribution in [0.5, 0.6) is 0 Å². The Morgan fingerprint density at radius 2 is 1.65 bits per heavy atom. The van der Waals surface area contributed by atoms with Gasteiger partial charge in [-0.1, -0.05) is 0 Å². The minimum Gasteiger partial charge on any atom is -0.370 e. The highest BCUT2D eigenvalue weighted by Crippen LogP contribution is 2.24. The van der Waals surface area contributed by atoms with E-state index in [1.807, 2.05) is 13.8 Å². The second-order valence-electron chi connectivity index (χ2n) is 6.28. The lowest BCUT2D eigenvalue weighted by atomic mass is 10.2. The van der Waals surface area contributed by atoms with Crippen molar-refractivity contribution in [3.8, 4) is 0 Å². The number of carbonyl (C=O) groups is 1. The molecule has 0 aromatic heterocycles. The van der Waals surface area contributed by atoms with Crippen molar-refractivity contribution in [3.63, 3.8) is 0 Å². The Morgan fingerprint density at radius 1 is 1.08 bits per heavy atom. The lowest BCUT2D eigenvalue weighted by molar-refractivity contribution is 0.102. The van der Waals surface area contributed by atoms with Crippen LogP contribution in [0.3, 0.4) is 0 Å². The highest BCUT2D eigenvalue weighted by Gasteiger charge is 2.13. The molecule has 1 amide bonds. The average molecular weight is 379 g/mol. The molecule has 0 unspecified atom stereocenters. The van der Waals surface area contributed by atoms with E-state index in [9.17, 15) is 17.6 Å². The monoisotopic (exact) mass is 379 g/mol. The number of amides is 1. The highest BCUT2D eigenvalue weighted by molar-refractivity contribution is 7.92. The first-order valence-electron chi connectivity index (χ1n) is 7.98. The third-order valence-corrected chi connectivity index (χ3v) is 4.42. The van der Waals surface area contributed by atoms with Crippen molar-refractivity contribution in [1.29, 1.82) is 0 Å². The van der Waals surface area contributed by atoms with Crippen LogP contribution in [0.2, 0.25) is 0 Å². The zero-order chi connectivity index (χ0) is 19.5. The van der Waals surface area contributed by atoms with Gasteiger partial charge in [-0.05, 0) is 56.3 Å². The summed E-state index contributed by atoms with van der Waals surface area (Å²) in [6.07, 6.45) is 1.04. The summed E-state index contributed by atoms with van der Waals surface area (Å²) in [4.78, 5) is 14.1. The Kier molecular flexibility index (Phi) is 5.86. The van der Waals surface area contributed by atoms with Gasteiger partial charge in [0, 0.05) is 30.0 Å². The Morgan fingerprint density at radius 3 is 2.15 bits per heavy atom. The van der Waals surface area contributed by atoms with Gasteiger partial charge in [-0.15, -0.1) is 0 Å². The van der Waals surface area contributed by atoms with Gasteiger partial charge in [0.05, 0.1) is 11.9 Å². The van der Waals surface area contributed by atoms with E-state index in [0.29, 0.717) is 22.6 Å². The van der Waals surface area contributed by atoms with Crippen LogP contribution in [0.15, 0.2) is 42.5 Å². The molecule has 0 spiro atoms. The molecule has 0 saturated heterocycles. The van der Waals surface area contributed by atoms with Gasteiger partial charge in [0.15, 0.2) is 0 Å². The maximum absolute atomic E-state index is 14.3. The number of anilines is 3. The Bertz CT molecular complexity index is 896. The minimum absolute atomic E-state index is 0.143. The molecule has 0 aliphatic heterocycles. The van der Waals surface area contributed by atoms with Crippen molar-refractivity contribution in [3.05, 3.63) is 53.8 Å². The summed E-state index contributed by atoms with van der Waals surface area (Å²) in [6.45, 7) is 3.91. The van der Waals surface area contributed by atoms with Gasteiger partial charge in [0.1, 0.15) is 5.82 Å². The van der Waals surface area contributed by atoms with Gasteiger partial charge in [0.25, 0.3) is 5.91 Å². The van der Waals surface area contributed by atoms with Crippen LogP contribution in [-0.4, -0.2) is 33.7 Å². The van der Waals surface area contributed by atoms with Crippen LogP contribution >= 0.6 is 0 Å². The van der Waals surface area contributed by atoms with Crippen molar-refractivity contribution in [1.82, 2.24) is 0 Å². The average Bonchev–Trinajstić information content (AvgIpc) is 2.53. The Hall–Kier alpha value is -2.61. The number of nitrogens with zero attached hydrogens (tertiary/aromatic N) is 1. The van der Waals surface area contributed by atoms with Gasteiger partial charge in [-0.2, -0.15) is 0 Å². The molecule has 26 heavy (non-hydrogen) atoms. The van der Waals surface area contributed by atoms with Crippen molar-refractivity contribution in [2.45, 2.75) is 19.9 Å². The first-order valence-corrected chi connectivity index (χ1v) is 9.87. The van der Waals surface area contributed by atoms with Crippen LogP contribution in [0.1, 0.15) is 24.2 Å². The number of nitrogens with one attached hydrogen (secondary N) is 2. The van der Waals surface area contributed by atoms with Crippen molar-refractivity contribution < 1.29 is 17.6 Å². The van der Waals surface area contributed by atoms with Gasteiger partial charge >= 0.3 is 0 Å². The molecule has 0 aliphatic rings. The largest absolute Gasteiger partial charge is 0.370 e. The Balaban J connectivity index is 2.11.